The molecule has 0 radical (unpaired) electrons. The lowest BCUT2D eigenvalue weighted by atomic mass is 9.95. The number of likely N-dealkylation sites (N-methyl/N-ethyl adjacent to an activating group) is 1. The van der Waals surface area contributed by atoms with Gasteiger partial charge < -0.3 is 19.4 Å². The van der Waals surface area contributed by atoms with Crippen LogP contribution in [0.4, 0.5) is 0 Å². The lowest BCUT2D eigenvalue weighted by Gasteiger charge is -2.31. The zero-order valence-electron chi connectivity index (χ0n) is 14.4. The maximum absolute atomic E-state index is 12.0. The molecule has 3 rings (SSSR count). The molecule has 2 aromatic heterocycles. The number of amides is 1. The fourth-order valence-electron chi connectivity index (χ4n) is 3.31. The van der Waals surface area contributed by atoms with Gasteiger partial charge in [0.25, 0.3) is 0 Å². The number of carbonyl (C=O) groups excluding carboxylic acids is 1. The Balaban J connectivity index is 1.67. The molecule has 1 amide bonds. The molecule has 24 heavy (non-hydrogen) atoms. The first-order valence-electron chi connectivity index (χ1n) is 8.53. The summed E-state index contributed by atoms with van der Waals surface area (Å²) in [7, 11) is 1.80. The fourth-order valence-corrected chi connectivity index (χ4v) is 3.31. The molecule has 1 aliphatic heterocycles. The van der Waals surface area contributed by atoms with E-state index in [0.717, 1.165) is 44.1 Å². The van der Waals surface area contributed by atoms with E-state index in [0.29, 0.717) is 19.0 Å². The summed E-state index contributed by atoms with van der Waals surface area (Å²) in [4.78, 5) is 18.0. The lowest BCUT2D eigenvalue weighted by molar-refractivity contribution is -0.131. The third kappa shape index (κ3) is 3.48. The maximum Gasteiger partial charge on any atom is 0.236 e. The normalized spacial score (nSPS) is 15.8. The van der Waals surface area contributed by atoms with E-state index in [4.69, 9.17) is 0 Å². The zero-order valence-corrected chi connectivity index (χ0v) is 14.4. The van der Waals surface area contributed by atoms with Crippen molar-refractivity contribution in [3.8, 4) is 0 Å². The van der Waals surface area contributed by atoms with Gasteiger partial charge in [-0.1, -0.05) is 0 Å². The van der Waals surface area contributed by atoms with Gasteiger partial charge in [0, 0.05) is 37.9 Å². The molecule has 130 valence electrons. The van der Waals surface area contributed by atoms with Crippen molar-refractivity contribution in [2.75, 3.05) is 26.7 Å². The van der Waals surface area contributed by atoms with Gasteiger partial charge in [0.15, 0.2) is 5.82 Å². The van der Waals surface area contributed by atoms with Crippen molar-refractivity contribution in [2.24, 2.45) is 0 Å². The molecule has 8 nitrogen and oxygen atoms in total. The van der Waals surface area contributed by atoms with Gasteiger partial charge in [0.1, 0.15) is 5.82 Å². The minimum absolute atomic E-state index is 0.175. The first-order chi connectivity index (χ1) is 11.7. The Morgan fingerprint density at radius 3 is 2.75 bits per heavy atom. The van der Waals surface area contributed by atoms with Crippen molar-refractivity contribution in [3.63, 3.8) is 0 Å². The Bertz CT molecular complexity index is 656. The molecule has 0 aromatic carbocycles. The molecule has 0 aliphatic carbocycles. The summed E-state index contributed by atoms with van der Waals surface area (Å²) in [5.74, 6) is 2.55. The van der Waals surface area contributed by atoms with Crippen LogP contribution in [-0.4, -0.2) is 61.8 Å². The van der Waals surface area contributed by atoms with Gasteiger partial charge >= 0.3 is 0 Å². The predicted octanol–water partition coefficient (Wildman–Crippen LogP) is 0.468. The average Bonchev–Trinajstić information content (AvgIpc) is 3.25. The fraction of sp³-hybridized carbons (Fsp3) is 0.625. The number of hydrogen-bond acceptors (Lipinski definition) is 5. The molecule has 1 aliphatic rings. The third-order valence-corrected chi connectivity index (χ3v) is 4.60. The number of likely N-dealkylation sites (tertiary alicyclic amines) is 1. The molecule has 1 fully saturated rings. The van der Waals surface area contributed by atoms with Crippen LogP contribution in [0, 0.1) is 0 Å². The van der Waals surface area contributed by atoms with Gasteiger partial charge in [-0.25, -0.2) is 4.98 Å². The third-order valence-electron chi connectivity index (χ3n) is 4.60. The first-order valence-corrected chi connectivity index (χ1v) is 8.53. The van der Waals surface area contributed by atoms with Crippen LogP contribution in [0.3, 0.4) is 0 Å². The van der Waals surface area contributed by atoms with E-state index >= 15 is 0 Å². The van der Waals surface area contributed by atoms with Crippen molar-refractivity contribution in [1.29, 1.82) is 0 Å². The number of hydrogen-bond donors (Lipinski definition) is 1. The van der Waals surface area contributed by atoms with Crippen molar-refractivity contribution in [3.05, 3.63) is 30.4 Å². The summed E-state index contributed by atoms with van der Waals surface area (Å²) in [5, 5.41) is 11.8. The van der Waals surface area contributed by atoms with Crippen LogP contribution < -0.4 is 5.32 Å². The van der Waals surface area contributed by atoms with Crippen molar-refractivity contribution >= 4 is 5.91 Å². The number of carbonyl (C=O) groups is 1. The molecular weight excluding hydrogens is 306 g/mol. The summed E-state index contributed by atoms with van der Waals surface area (Å²) < 4.78 is 4.20. The minimum atomic E-state index is 0.175. The van der Waals surface area contributed by atoms with Crippen LogP contribution in [-0.2, 0) is 17.9 Å². The summed E-state index contributed by atoms with van der Waals surface area (Å²) in [5.41, 5.74) is 0. The van der Waals surface area contributed by atoms with E-state index in [2.05, 4.69) is 32.0 Å². The van der Waals surface area contributed by atoms with Crippen LogP contribution in [0.15, 0.2) is 18.7 Å². The highest BCUT2D eigenvalue weighted by Crippen LogP contribution is 2.27. The average molecular weight is 331 g/mol. The van der Waals surface area contributed by atoms with Crippen LogP contribution in [0.25, 0.3) is 0 Å². The molecule has 0 unspecified atom stereocenters. The van der Waals surface area contributed by atoms with Gasteiger partial charge in [0.2, 0.25) is 5.91 Å². The highest BCUT2D eigenvalue weighted by atomic mass is 16.2. The summed E-state index contributed by atoms with van der Waals surface area (Å²) in [6, 6.07) is 0. The second-order valence-electron chi connectivity index (χ2n) is 6.14. The van der Waals surface area contributed by atoms with Gasteiger partial charge in [-0.2, -0.15) is 0 Å². The van der Waals surface area contributed by atoms with Gasteiger partial charge in [0.05, 0.1) is 19.4 Å². The smallest absolute Gasteiger partial charge is 0.236 e. The van der Waals surface area contributed by atoms with E-state index in [9.17, 15) is 4.79 Å². The molecule has 0 saturated carbocycles. The van der Waals surface area contributed by atoms with Crippen molar-refractivity contribution < 1.29 is 4.79 Å². The summed E-state index contributed by atoms with van der Waals surface area (Å²) >= 11 is 0. The monoisotopic (exact) mass is 331 g/mol. The second-order valence-corrected chi connectivity index (χ2v) is 6.14. The highest BCUT2D eigenvalue weighted by Gasteiger charge is 2.27. The largest absolute Gasteiger partial charge is 0.342 e. The van der Waals surface area contributed by atoms with E-state index in [1.54, 1.807) is 19.6 Å². The predicted molar refractivity (Wildman–Crippen MR) is 89.5 cm³/mol. The zero-order chi connectivity index (χ0) is 16.9. The van der Waals surface area contributed by atoms with E-state index in [1.807, 2.05) is 15.7 Å². The Hall–Kier alpha value is -2.22. The van der Waals surface area contributed by atoms with E-state index in [-0.39, 0.29) is 5.91 Å². The number of nitrogens with zero attached hydrogens (tertiary/aromatic N) is 6. The highest BCUT2D eigenvalue weighted by molar-refractivity contribution is 5.78. The Morgan fingerprint density at radius 1 is 1.33 bits per heavy atom. The summed E-state index contributed by atoms with van der Waals surface area (Å²) in [6.45, 7) is 5.64. The van der Waals surface area contributed by atoms with Crippen LogP contribution in [0.1, 0.15) is 37.3 Å². The molecule has 2 aromatic rings. The van der Waals surface area contributed by atoms with E-state index < -0.39 is 0 Å². The quantitative estimate of drug-likeness (QED) is 0.832. The lowest BCUT2D eigenvalue weighted by Crippen LogP contribution is -2.42. The molecule has 1 N–H and O–H groups in total. The Morgan fingerprint density at radius 2 is 2.12 bits per heavy atom. The van der Waals surface area contributed by atoms with Gasteiger partial charge in [-0.15, -0.1) is 10.2 Å². The topological polar surface area (TPSA) is 80.9 Å². The van der Waals surface area contributed by atoms with Gasteiger partial charge in [-0.05, 0) is 26.8 Å². The second kappa shape index (κ2) is 7.57. The van der Waals surface area contributed by atoms with Crippen molar-refractivity contribution in [1.82, 2.24) is 34.5 Å². The molecule has 3 heterocycles. The number of piperidine rings is 1. The first kappa shape index (κ1) is 16.6. The van der Waals surface area contributed by atoms with Crippen molar-refractivity contribution in [2.45, 2.75) is 38.8 Å². The van der Waals surface area contributed by atoms with E-state index in [1.165, 1.54) is 0 Å². The molecule has 1 saturated heterocycles. The molecule has 8 heteroatoms. The maximum atomic E-state index is 12.0. The standard InChI is InChI=1S/C16H25N7O/c1-3-23-14(11-21-9-6-18-12-21)19-20-16(23)13-4-7-22(8-5-13)15(24)10-17-2/h6,9,12-13,17H,3-5,7-8,10-11H2,1-2H3. The Labute approximate surface area is 141 Å². The molecule has 0 atom stereocenters. The molecule has 0 bridgehead atoms. The SMILES string of the molecule is CCn1c(Cn2ccnc2)nnc1C1CCN(C(=O)CNC)CC1. The number of aromatic nitrogens is 5. The molecule has 0 spiro atoms. The molecular formula is C16H25N7O. The van der Waals surface area contributed by atoms with Gasteiger partial charge in [-0.3, -0.25) is 4.79 Å². The summed E-state index contributed by atoms with van der Waals surface area (Å²) in [6.07, 6.45) is 7.38. The Kier molecular flexibility index (Phi) is 5.24. The number of imidazole rings is 1. The van der Waals surface area contributed by atoms with Crippen LogP contribution in [0.5, 0.6) is 0 Å². The minimum Gasteiger partial charge on any atom is -0.342 e. The van der Waals surface area contributed by atoms with Crippen LogP contribution >= 0.6 is 0 Å². The van der Waals surface area contributed by atoms with Crippen LogP contribution in [0.2, 0.25) is 0 Å². The number of rotatable bonds is 6. The number of nitrogens with one attached hydrogen (secondary N) is 1.